The van der Waals surface area contributed by atoms with Crippen LogP contribution >= 0.6 is 0 Å². The zero-order valence-electron chi connectivity index (χ0n) is 6.55. The zero-order valence-corrected chi connectivity index (χ0v) is 6.55. The largest absolute Gasteiger partial charge is 0.465 e. The van der Waals surface area contributed by atoms with Crippen LogP contribution in [0, 0.1) is 13.0 Å². The van der Waals surface area contributed by atoms with Crippen molar-refractivity contribution in [3.8, 4) is 0 Å². The van der Waals surface area contributed by atoms with E-state index in [2.05, 4.69) is 10.8 Å². The van der Waals surface area contributed by atoms with Crippen molar-refractivity contribution in [2.75, 3.05) is 7.11 Å². The van der Waals surface area contributed by atoms with E-state index in [4.69, 9.17) is 0 Å². The first-order valence-corrected chi connectivity index (χ1v) is 3.30. The summed E-state index contributed by atoms with van der Waals surface area (Å²) < 4.78 is 4.52. The molecule has 0 unspecified atom stereocenters. The molecule has 1 aromatic rings. The Labute approximate surface area is 65.8 Å². The van der Waals surface area contributed by atoms with Crippen molar-refractivity contribution in [1.29, 1.82) is 0 Å². The molecule has 0 fully saturated rings. The standard InChI is InChI=1S/C9H9O2/c1-7-4-3-5-8(6-7)9(10)11-2/h3-4,6H,1-2H3. The molecule has 0 atom stereocenters. The summed E-state index contributed by atoms with van der Waals surface area (Å²) in [5.41, 5.74) is 1.51. The number of esters is 1. The van der Waals surface area contributed by atoms with Crippen molar-refractivity contribution in [3.05, 3.63) is 35.4 Å². The van der Waals surface area contributed by atoms with E-state index in [1.54, 1.807) is 12.1 Å². The van der Waals surface area contributed by atoms with Crippen LogP contribution in [0.4, 0.5) is 0 Å². The molecule has 0 bridgehead atoms. The SMILES string of the molecule is COC(=O)c1[c]ccc(C)c1. The molecule has 0 spiro atoms. The third kappa shape index (κ3) is 1.80. The molecule has 1 rings (SSSR count). The van der Waals surface area contributed by atoms with E-state index in [-0.39, 0.29) is 5.97 Å². The summed E-state index contributed by atoms with van der Waals surface area (Å²) in [5.74, 6) is -0.339. The fourth-order valence-electron chi connectivity index (χ4n) is 0.808. The molecule has 0 amide bonds. The molecule has 1 radical (unpaired) electrons. The first-order chi connectivity index (χ1) is 5.24. The van der Waals surface area contributed by atoms with Gasteiger partial charge in [-0.15, -0.1) is 0 Å². The van der Waals surface area contributed by atoms with E-state index in [1.807, 2.05) is 13.0 Å². The Balaban J connectivity index is 2.96. The molecule has 0 aliphatic carbocycles. The number of carbonyl (C=O) groups excluding carboxylic acids is 1. The van der Waals surface area contributed by atoms with Gasteiger partial charge in [0.05, 0.1) is 12.7 Å². The van der Waals surface area contributed by atoms with E-state index >= 15 is 0 Å². The molecule has 0 aromatic heterocycles. The summed E-state index contributed by atoms with van der Waals surface area (Å²) in [6.07, 6.45) is 0. The maximum Gasteiger partial charge on any atom is 0.338 e. The highest BCUT2D eigenvalue weighted by Gasteiger charge is 2.03. The highest BCUT2D eigenvalue weighted by atomic mass is 16.5. The lowest BCUT2D eigenvalue weighted by Gasteiger charge is -1.97. The summed E-state index contributed by atoms with van der Waals surface area (Å²) in [6, 6.07) is 8.12. The topological polar surface area (TPSA) is 26.3 Å². The second-order valence-corrected chi connectivity index (χ2v) is 2.27. The van der Waals surface area contributed by atoms with Crippen LogP contribution in [0.15, 0.2) is 18.2 Å². The summed E-state index contributed by atoms with van der Waals surface area (Å²) in [7, 11) is 1.36. The van der Waals surface area contributed by atoms with Crippen molar-refractivity contribution in [1.82, 2.24) is 0 Å². The van der Waals surface area contributed by atoms with Gasteiger partial charge in [0.1, 0.15) is 0 Å². The Morgan fingerprint density at radius 3 is 2.91 bits per heavy atom. The van der Waals surface area contributed by atoms with Gasteiger partial charge in [0.25, 0.3) is 0 Å². The van der Waals surface area contributed by atoms with Crippen molar-refractivity contribution >= 4 is 5.97 Å². The second-order valence-electron chi connectivity index (χ2n) is 2.27. The monoisotopic (exact) mass is 149 g/mol. The van der Waals surface area contributed by atoms with Crippen molar-refractivity contribution in [2.45, 2.75) is 6.92 Å². The first-order valence-electron chi connectivity index (χ1n) is 3.30. The average molecular weight is 149 g/mol. The predicted molar refractivity (Wildman–Crippen MR) is 41.4 cm³/mol. The number of hydrogen-bond donors (Lipinski definition) is 0. The highest BCUT2D eigenvalue weighted by Crippen LogP contribution is 2.03. The molecule has 0 heterocycles. The third-order valence-corrected chi connectivity index (χ3v) is 1.36. The number of ether oxygens (including phenoxy) is 1. The third-order valence-electron chi connectivity index (χ3n) is 1.36. The molecule has 0 aliphatic heterocycles. The van der Waals surface area contributed by atoms with Gasteiger partial charge in [-0.2, -0.15) is 0 Å². The Hall–Kier alpha value is -1.31. The summed E-state index contributed by atoms with van der Waals surface area (Å²) in [6.45, 7) is 1.92. The number of carbonyl (C=O) groups is 1. The van der Waals surface area contributed by atoms with E-state index in [1.165, 1.54) is 7.11 Å². The molecule has 57 valence electrons. The van der Waals surface area contributed by atoms with Crippen LogP contribution in [0.5, 0.6) is 0 Å². The number of hydrogen-bond acceptors (Lipinski definition) is 2. The minimum atomic E-state index is -0.339. The molecule has 11 heavy (non-hydrogen) atoms. The van der Waals surface area contributed by atoms with Gasteiger partial charge in [-0.05, 0) is 19.1 Å². The van der Waals surface area contributed by atoms with Crippen LogP contribution in [0.25, 0.3) is 0 Å². The maximum absolute atomic E-state index is 10.9. The van der Waals surface area contributed by atoms with Gasteiger partial charge >= 0.3 is 5.97 Å². The lowest BCUT2D eigenvalue weighted by molar-refractivity contribution is 0.0600. The number of aryl methyl sites for hydroxylation is 1. The molecule has 0 saturated carbocycles. The van der Waals surface area contributed by atoms with E-state index < -0.39 is 0 Å². The first kappa shape index (κ1) is 7.79. The molecule has 2 nitrogen and oxygen atoms in total. The van der Waals surface area contributed by atoms with Gasteiger partial charge in [0.2, 0.25) is 0 Å². The van der Waals surface area contributed by atoms with E-state index in [0.29, 0.717) is 5.56 Å². The van der Waals surface area contributed by atoms with Crippen LogP contribution in [0.2, 0.25) is 0 Å². The Morgan fingerprint density at radius 2 is 2.36 bits per heavy atom. The molecule has 0 saturated heterocycles. The molecular weight excluding hydrogens is 140 g/mol. The number of methoxy groups -OCH3 is 1. The zero-order chi connectivity index (χ0) is 8.27. The van der Waals surface area contributed by atoms with Crippen molar-refractivity contribution < 1.29 is 9.53 Å². The number of benzene rings is 1. The van der Waals surface area contributed by atoms with E-state index in [9.17, 15) is 4.79 Å². The Morgan fingerprint density at radius 1 is 1.64 bits per heavy atom. The van der Waals surface area contributed by atoms with Crippen molar-refractivity contribution in [3.63, 3.8) is 0 Å². The predicted octanol–water partition coefficient (Wildman–Crippen LogP) is 1.58. The fourth-order valence-corrected chi connectivity index (χ4v) is 0.808. The van der Waals surface area contributed by atoms with E-state index in [0.717, 1.165) is 5.56 Å². The Bertz CT molecular complexity index is 266. The quantitative estimate of drug-likeness (QED) is 0.567. The minimum absolute atomic E-state index is 0.339. The number of rotatable bonds is 1. The normalized spacial score (nSPS) is 9.27. The second kappa shape index (κ2) is 3.19. The minimum Gasteiger partial charge on any atom is -0.465 e. The van der Waals surface area contributed by atoms with Gasteiger partial charge in [-0.3, -0.25) is 0 Å². The summed E-state index contributed by atoms with van der Waals surface area (Å²) in [5, 5.41) is 0. The molecule has 0 aliphatic rings. The summed E-state index contributed by atoms with van der Waals surface area (Å²) >= 11 is 0. The van der Waals surface area contributed by atoms with Gasteiger partial charge in [-0.25, -0.2) is 4.79 Å². The molecular formula is C9H9O2. The fraction of sp³-hybridized carbons (Fsp3) is 0.222. The highest BCUT2D eigenvalue weighted by molar-refractivity contribution is 5.89. The van der Waals surface area contributed by atoms with Crippen molar-refractivity contribution in [2.24, 2.45) is 0 Å². The lowest BCUT2D eigenvalue weighted by atomic mass is 10.1. The van der Waals surface area contributed by atoms with Crippen LogP contribution in [-0.4, -0.2) is 13.1 Å². The summed E-state index contributed by atoms with van der Waals surface area (Å²) in [4.78, 5) is 10.9. The van der Waals surface area contributed by atoms with Crippen LogP contribution in [0.1, 0.15) is 15.9 Å². The van der Waals surface area contributed by atoms with Gasteiger partial charge < -0.3 is 4.74 Å². The molecule has 0 N–H and O–H groups in total. The lowest BCUT2D eigenvalue weighted by Crippen LogP contribution is -2.00. The van der Waals surface area contributed by atoms with Crippen LogP contribution in [0.3, 0.4) is 0 Å². The van der Waals surface area contributed by atoms with Crippen LogP contribution < -0.4 is 0 Å². The maximum atomic E-state index is 10.9. The van der Waals surface area contributed by atoms with Gasteiger partial charge in [-0.1, -0.05) is 17.7 Å². The van der Waals surface area contributed by atoms with Gasteiger partial charge in [0, 0.05) is 0 Å². The van der Waals surface area contributed by atoms with Gasteiger partial charge in [0.15, 0.2) is 0 Å². The smallest absolute Gasteiger partial charge is 0.338 e. The average Bonchev–Trinajstić information content (AvgIpc) is 2.03. The van der Waals surface area contributed by atoms with Crippen LogP contribution in [-0.2, 0) is 4.74 Å². The molecule has 2 heteroatoms. The Kier molecular flexibility index (Phi) is 2.26. The molecule has 1 aromatic carbocycles.